The molecule has 0 saturated heterocycles. The van der Waals surface area contributed by atoms with Gasteiger partial charge >= 0.3 is 0 Å². The first-order chi connectivity index (χ1) is 17.6. The number of hydrogen-bond donors (Lipinski definition) is 1. The number of para-hydroxylation sites is 1. The second-order valence-corrected chi connectivity index (χ2v) is 9.07. The fourth-order valence-electron chi connectivity index (χ4n) is 3.84. The topological polar surface area (TPSA) is 80.1 Å². The molecular formula is C28H29N5O2S. The van der Waals surface area contributed by atoms with Crippen LogP contribution in [0.4, 0.5) is 5.69 Å². The van der Waals surface area contributed by atoms with E-state index in [1.807, 2.05) is 66.9 Å². The normalized spacial score (nSPS) is 10.7. The second-order valence-electron chi connectivity index (χ2n) is 8.12. The smallest absolute Gasteiger partial charge is 0.253 e. The van der Waals surface area contributed by atoms with Crippen molar-refractivity contribution < 1.29 is 9.59 Å². The van der Waals surface area contributed by atoms with Gasteiger partial charge in [-0.05, 0) is 55.8 Å². The van der Waals surface area contributed by atoms with E-state index in [4.69, 9.17) is 0 Å². The zero-order chi connectivity index (χ0) is 25.3. The summed E-state index contributed by atoms with van der Waals surface area (Å²) in [7, 11) is 0. The number of hydrogen-bond acceptors (Lipinski definition) is 5. The van der Waals surface area contributed by atoms with E-state index in [0.29, 0.717) is 35.9 Å². The van der Waals surface area contributed by atoms with Crippen LogP contribution in [0.5, 0.6) is 0 Å². The largest absolute Gasteiger partial charge is 0.339 e. The molecule has 0 saturated carbocycles. The molecular weight excluding hydrogens is 470 g/mol. The van der Waals surface area contributed by atoms with Crippen molar-refractivity contribution in [2.75, 3.05) is 24.2 Å². The van der Waals surface area contributed by atoms with Crippen LogP contribution in [0.2, 0.25) is 0 Å². The number of thioether (sulfide) groups is 1. The Labute approximate surface area is 215 Å². The van der Waals surface area contributed by atoms with Crippen molar-refractivity contribution in [1.29, 1.82) is 0 Å². The van der Waals surface area contributed by atoms with E-state index >= 15 is 0 Å². The highest BCUT2D eigenvalue weighted by Crippen LogP contribution is 2.24. The van der Waals surface area contributed by atoms with E-state index in [9.17, 15) is 9.59 Å². The Kier molecular flexibility index (Phi) is 8.52. The molecule has 1 N–H and O–H groups in total. The van der Waals surface area contributed by atoms with E-state index in [0.717, 1.165) is 17.1 Å². The highest BCUT2D eigenvalue weighted by molar-refractivity contribution is 7.99. The number of nitrogens with zero attached hydrogens (tertiary/aromatic N) is 4. The summed E-state index contributed by atoms with van der Waals surface area (Å²) in [6.07, 6.45) is 0.633. The first kappa shape index (κ1) is 25.2. The molecule has 0 atom stereocenters. The molecule has 1 heterocycles. The number of anilines is 1. The van der Waals surface area contributed by atoms with Gasteiger partial charge in [-0.1, -0.05) is 60.3 Å². The minimum absolute atomic E-state index is 0.0139. The molecule has 0 bridgehead atoms. The molecule has 1 aromatic heterocycles. The third kappa shape index (κ3) is 6.20. The fraction of sp³-hybridized carbons (Fsp3) is 0.214. The van der Waals surface area contributed by atoms with Crippen LogP contribution >= 0.6 is 11.8 Å². The lowest BCUT2D eigenvalue weighted by atomic mass is 10.1. The quantitative estimate of drug-likeness (QED) is 0.308. The lowest BCUT2D eigenvalue weighted by Crippen LogP contribution is -2.30. The van der Waals surface area contributed by atoms with Crippen molar-refractivity contribution in [3.63, 3.8) is 0 Å². The average molecular weight is 500 g/mol. The van der Waals surface area contributed by atoms with E-state index in [-0.39, 0.29) is 17.6 Å². The van der Waals surface area contributed by atoms with Crippen molar-refractivity contribution in [1.82, 2.24) is 19.7 Å². The Morgan fingerprint density at radius 1 is 0.861 bits per heavy atom. The van der Waals surface area contributed by atoms with Gasteiger partial charge in [0.1, 0.15) is 5.82 Å². The summed E-state index contributed by atoms with van der Waals surface area (Å²) in [5.41, 5.74) is 3.34. The Hall–Kier alpha value is -3.91. The third-order valence-corrected chi connectivity index (χ3v) is 6.65. The first-order valence-electron chi connectivity index (χ1n) is 11.9. The summed E-state index contributed by atoms with van der Waals surface area (Å²) in [5.74, 6) is 0.815. The zero-order valence-corrected chi connectivity index (χ0v) is 21.2. The summed E-state index contributed by atoms with van der Waals surface area (Å²) < 4.78 is 2.00. The van der Waals surface area contributed by atoms with Gasteiger partial charge in [0.15, 0.2) is 5.16 Å². The van der Waals surface area contributed by atoms with Crippen molar-refractivity contribution in [2.45, 2.75) is 25.4 Å². The molecule has 4 rings (SSSR count). The molecule has 36 heavy (non-hydrogen) atoms. The molecule has 0 aliphatic carbocycles. The number of carbonyl (C=O) groups is 2. The molecule has 0 unspecified atom stereocenters. The van der Waals surface area contributed by atoms with Crippen LogP contribution in [0, 0.1) is 0 Å². The molecule has 8 heteroatoms. The SMILES string of the molecule is CCN(CC)C(=O)c1ccc(NC(=O)CSc2nnc(Cc3ccccc3)n2-c2ccccc2)cc1. The lowest BCUT2D eigenvalue weighted by Gasteiger charge is -2.18. The zero-order valence-electron chi connectivity index (χ0n) is 20.4. The lowest BCUT2D eigenvalue weighted by molar-refractivity contribution is -0.113. The van der Waals surface area contributed by atoms with E-state index in [1.54, 1.807) is 29.2 Å². The molecule has 4 aromatic rings. The van der Waals surface area contributed by atoms with Gasteiger partial charge in [0.25, 0.3) is 5.91 Å². The van der Waals surface area contributed by atoms with Gasteiger partial charge in [0.2, 0.25) is 5.91 Å². The molecule has 0 fully saturated rings. The Morgan fingerprint density at radius 3 is 2.14 bits per heavy atom. The average Bonchev–Trinajstić information content (AvgIpc) is 3.32. The van der Waals surface area contributed by atoms with Crippen LogP contribution in [0.3, 0.4) is 0 Å². The van der Waals surface area contributed by atoms with E-state index in [1.165, 1.54) is 11.8 Å². The summed E-state index contributed by atoms with van der Waals surface area (Å²) in [6.45, 7) is 5.23. The number of benzene rings is 3. The van der Waals surface area contributed by atoms with Crippen LogP contribution in [-0.2, 0) is 11.2 Å². The number of carbonyl (C=O) groups excluding carboxylic acids is 2. The maximum atomic E-state index is 12.7. The number of aromatic nitrogens is 3. The Balaban J connectivity index is 1.43. The van der Waals surface area contributed by atoms with Crippen molar-refractivity contribution in [2.24, 2.45) is 0 Å². The predicted molar refractivity (Wildman–Crippen MR) is 144 cm³/mol. The van der Waals surface area contributed by atoms with Crippen LogP contribution in [0.25, 0.3) is 5.69 Å². The van der Waals surface area contributed by atoms with Crippen molar-refractivity contribution >= 4 is 29.3 Å². The molecule has 184 valence electrons. The predicted octanol–water partition coefficient (Wildman–Crippen LogP) is 5.07. The summed E-state index contributed by atoms with van der Waals surface area (Å²) in [4.78, 5) is 26.9. The summed E-state index contributed by atoms with van der Waals surface area (Å²) in [5, 5.41) is 12.4. The van der Waals surface area contributed by atoms with Gasteiger partial charge in [0, 0.05) is 36.4 Å². The summed E-state index contributed by atoms with van der Waals surface area (Å²) >= 11 is 1.34. The Morgan fingerprint density at radius 2 is 1.50 bits per heavy atom. The van der Waals surface area contributed by atoms with Gasteiger partial charge in [-0.15, -0.1) is 10.2 Å². The van der Waals surface area contributed by atoms with Crippen molar-refractivity contribution in [3.8, 4) is 5.69 Å². The molecule has 7 nitrogen and oxygen atoms in total. The monoisotopic (exact) mass is 499 g/mol. The minimum Gasteiger partial charge on any atom is -0.339 e. The number of rotatable bonds is 10. The highest BCUT2D eigenvalue weighted by atomic mass is 32.2. The van der Waals surface area contributed by atoms with E-state index in [2.05, 4.69) is 27.6 Å². The fourth-order valence-corrected chi connectivity index (χ4v) is 4.61. The Bertz CT molecular complexity index is 1290. The molecule has 0 radical (unpaired) electrons. The maximum absolute atomic E-state index is 12.7. The third-order valence-electron chi connectivity index (χ3n) is 5.72. The number of nitrogens with one attached hydrogen (secondary N) is 1. The molecule has 0 aliphatic heterocycles. The molecule has 3 aromatic carbocycles. The summed E-state index contributed by atoms with van der Waals surface area (Å²) in [6, 6.07) is 27.0. The van der Waals surface area contributed by atoms with Gasteiger partial charge in [0.05, 0.1) is 5.75 Å². The van der Waals surface area contributed by atoms with Crippen molar-refractivity contribution in [3.05, 3.63) is 102 Å². The van der Waals surface area contributed by atoms with Crippen LogP contribution in [0.15, 0.2) is 90.1 Å². The van der Waals surface area contributed by atoms with Gasteiger partial charge < -0.3 is 10.2 Å². The first-order valence-corrected chi connectivity index (χ1v) is 12.9. The van der Waals surface area contributed by atoms with Crippen LogP contribution < -0.4 is 5.32 Å². The van der Waals surface area contributed by atoms with Crippen LogP contribution in [-0.4, -0.2) is 50.3 Å². The maximum Gasteiger partial charge on any atom is 0.253 e. The molecule has 0 aliphatic rings. The van der Waals surface area contributed by atoms with Gasteiger partial charge in [-0.25, -0.2) is 0 Å². The number of amides is 2. The van der Waals surface area contributed by atoms with E-state index < -0.39 is 0 Å². The van der Waals surface area contributed by atoms with Gasteiger partial charge in [-0.2, -0.15) is 0 Å². The standard InChI is InChI=1S/C28H29N5O2S/c1-3-32(4-2)27(35)22-15-17-23(18-16-22)29-26(34)20-36-28-31-30-25(19-21-11-7-5-8-12-21)33(28)24-13-9-6-10-14-24/h5-18H,3-4,19-20H2,1-2H3,(H,29,34). The molecule has 0 spiro atoms. The van der Waals surface area contributed by atoms with Gasteiger partial charge in [-0.3, -0.25) is 14.2 Å². The minimum atomic E-state index is -0.157. The highest BCUT2D eigenvalue weighted by Gasteiger charge is 2.17. The van der Waals surface area contributed by atoms with Crippen LogP contribution in [0.1, 0.15) is 35.6 Å². The molecule has 2 amide bonds. The second kappa shape index (κ2) is 12.2.